The molecule has 3 N–H and O–H groups in total. The van der Waals surface area contributed by atoms with E-state index < -0.39 is 6.04 Å². The fourth-order valence-corrected chi connectivity index (χ4v) is 2.38. The minimum Gasteiger partial charge on any atom is -0.504 e. The second-order valence-corrected chi connectivity index (χ2v) is 4.45. The number of rotatable bonds is 2. The molecular weight excluding hydrogens is 234 g/mol. The SMILES string of the molecule is CC[C@@H]1N[C@H](C(=O)OC)Cc2cc(O)c(O)cc21. The molecule has 0 spiro atoms. The van der Waals surface area contributed by atoms with Crippen LogP contribution in [-0.4, -0.2) is 29.3 Å². The minimum absolute atomic E-state index is 0.0238. The summed E-state index contributed by atoms with van der Waals surface area (Å²) in [6.07, 6.45) is 1.23. The van der Waals surface area contributed by atoms with Gasteiger partial charge in [0.15, 0.2) is 11.5 Å². The quantitative estimate of drug-likeness (QED) is 0.544. The number of phenols is 2. The zero-order valence-electron chi connectivity index (χ0n) is 10.4. The predicted octanol–water partition coefficient (Wildman–Crippen LogP) is 1.24. The van der Waals surface area contributed by atoms with Gasteiger partial charge in [-0.15, -0.1) is 0 Å². The molecule has 0 aromatic heterocycles. The van der Waals surface area contributed by atoms with Crippen LogP contribution in [0.25, 0.3) is 0 Å². The Kier molecular flexibility index (Phi) is 3.43. The summed E-state index contributed by atoms with van der Waals surface area (Å²) < 4.78 is 4.74. The molecule has 0 amide bonds. The van der Waals surface area contributed by atoms with Crippen LogP contribution < -0.4 is 5.32 Å². The van der Waals surface area contributed by atoms with Crippen LogP contribution in [0.4, 0.5) is 0 Å². The molecule has 0 saturated heterocycles. The highest BCUT2D eigenvalue weighted by Gasteiger charge is 2.31. The van der Waals surface area contributed by atoms with Gasteiger partial charge >= 0.3 is 5.97 Å². The number of benzene rings is 1. The van der Waals surface area contributed by atoms with Gasteiger partial charge in [-0.1, -0.05) is 6.92 Å². The number of carbonyl (C=O) groups is 1. The maximum Gasteiger partial charge on any atom is 0.323 e. The van der Waals surface area contributed by atoms with Gasteiger partial charge in [0, 0.05) is 6.04 Å². The summed E-state index contributed by atoms with van der Waals surface area (Å²) in [6.45, 7) is 1.99. The molecule has 0 aliphatic carbocycles. The van der Waals surface area contributed by atoms with Crippen LogP contribution in [0.2, 0.25) is 0 Å². The number of hydrogen-bond acceptors (Lipinski definition) is 5. The van der Waals surface area contributed by atoms with E-state index in [1.54, 1.807) is 6.07 Å². The topological polar surface area (TPSA) is 78.8 Å². The summed E-state index contributed by atoms with van der Waals surface area (Å²) in [4.78, 5) is 11.6. The highest BCUT2D eigenvalue weighted by Crippen LogP contribution is 2.35. The first-order valence-electron chi connectivity index (χ1n) is 5.95. The Bertz CT molecular complexity index is 472. The van der Waals surface area contributed by atoms with E-state index in [9.17, 15) is 15.0 Å². The number of phenolic OH excluding ortho intramolecular Hbond substituents is 2. The molecule has 2 atom stereocenters. The van der Waals surface area contributed by atoms with E-state index in [4.69, 9.17) is 4.74 Å². The molecule has 1 aromatic rings. The van der Waals surface area contributed by atoms with Gasteiger partial charge in [-0.05, 0) is 36.1 Å². The number of fused-ring (bicyclic) bond motifs is 1. The lowest BCUT2D eigenvalue weighted by Crippen LogP contribution is -2.45. The lowest BCUT2D eigenvalue weighted by Gasteiger charge is -2.31. The third kappa shape index (κ3) is 2.13. The average Bonchev–Trinajstić information content (AvgIpc) is 2.38. The largest absolute Gasteiger partial charge is 0.504 e. The van der Waals surface area contributed by atoms with E-state index in [0.29, 0.717) is 6.42 Å². The third-order valence-corrected chi connectivity index (χ3v) is 3.33. The minimum atomic E-state index is -0.406. The number of methoxy groups -OCH3 is 1. The van der Waals surface area contributed by atoms with Crippen LogP contribution in [-0.2, 0) is 16.0 Å². The molecule has 2 rings (SSSR count). The number of nitrogens with one attached hydrogen (secondary N) is 1. The van der Waals surface area contributed by atoms with E-state index in [1.165, 1.54) is 13.2 Å². The van der Waals surface area contributed by atoms with Gasteiger partial charge in [-0.3, -0.25) is 10.1 Å². The smallest absolute Gasteiger partial charge is 0.323 e. The van der Waals surface area contributed by atoms with Crippen LogP contribution in [0.5, 0.6) is 11.5 Å². The molecule has 0 unspecified atom stereocenters. The van der Waals surface area contributed by atoms with E-state index in [1.807, 2.05) is 6.92 Å². The average molecular weight is 251 g/mol. The standard InChI is InChI=1S/C13H17NO4/c1-3-9-8-6-12(16)11(15)5-7(8)4-10(14-9)13(17)18-2/h5-6,9-10,14-16H,3-4H2,1-2H3/t9-,10-/m0/s1. The van der Waals surface area contributed by atoms with Gasteiger partial charge in [0.05, 0.1) is 7.11 Å². The summed E-state index contributed by atoms with van der Waals surface area (Å²) >= 11 is 0. The van der Waals surface area contributed by atoms with E-state index >= 15 is 0 Å². The third-order valence-electron chi connectivity index (χ3n) is 3.33. The fraction of sp³-hybridized carbons (Fsp3) is 0.462. The van der Waals surface area contributed by atoms with Crippen molar-refractivity contribution in [1.29, 1.82) is 0 Å². The first kappa shape index (κ1) is 12.7. The van der Waals surface area contributed by atoms with Crippen molar-refractivity contribution in [3.63, 3.8) is 0 Å². The molecule has 0 radical (unpaired) electrons. The molecule has 5 heteroatoms. The number of ether oxygens (including phenoxy) is 1. The van der Waals surface area contributed by atoms with E-state index in [-0.39, 0.29) is 23.5 Å². The summed E-state index contributed by atoms with van der Waals surface area (Å²) in [5.74, 6) is -0.605. The Hall–Kier alpha value is -1.75. The maximum absolute atomic E-state index is 11.6. The number of carbonyl (C=O) groups excluding carboxylic acids is 1. The molecule has 98 valence electrons. The van der Waals surface area contributed by atoms with Crippen molar-refractivity contribution < 1.29 is 19.7 Å². The second-order valence-electron chi connectivity index (χ2n) is 4.45. The van der Waals surface area contributed by atoms with Crippen molar-refractivity contribution in [1.82, 2.24) is 5.32 Å². The van der Waals surface area contributed by atoms with Crippen LogP contribution in [0.15, 0.2) is 12.1 Å². The summed E-state index contributed by atoms with van der Waals surface area (Å²) in [5.41, 5.74) is 1.79. The predicted molar refractivity (Wildman–Crippen MR) is 65.4 cm³/mol. The van der Waals surface area contributed by atoms with Gasteiger partial charge in [0.2, 0.25) is 0 Å². The zero-order chi connectivity index (χ0) is 13.3. The highest BCUT2D eigenvalue weighted by atomic mass is 16.5. The van der Waals surface area contributed by atoms with Gasteiger partial charge in [0.25, 0.3) is 0 Å². The Labute approximate surface area is 105 Å². The molecule has 5 nitrogen and oxygen atoms in total. The first-order chi connectivity index (χ1) is 8.56. The van der Waals surface area contributed by atoms with E-state index in [2.05, 4.69) is 5.32 Å². The molecule has 1 heterocycles. The normalized spacial score (nSPS) is 22.3. The lowest BCUT2D eigenvalue weighted by atomic mass is 9.88. The Morgan fingerprint density at radius 2 is 2.11 bits per heavy atom. The van der Waals surface area contributed by atoms with Crippen LogP contribution in [0.3, 0.4) is 0 Å². The van der Waals surface area contributed by atoms with Crippen molar-refractivity contribution in [2.45, 2.75) is 31.8 Å². The molecule has 0 bridgehead atoms. The molecule has 1 aliphatic rings. The van der Waals surface area contributed by atoms with Crippen molar-refractivity contribution in [2.24, 2.45) is 0 Å². The summed E-state index contributed by atoms with van der Waals surface area (Å²) in [5, 5.41) is 22.3. The van der Waals surface area contributed by atoms with Crippen LogP contribution >= 0.6 is 0 Å². The Morgan fingerprint density at radius 3 is 2.72 bits per heavy atom. The first-order valence-corrected chi connectivity index (χ1v) is 5.95. The number of aromatic hydroxyl groups is 2. The lowest BCUT2D eigenvalue weighted by molar-refractivity contribution is -0.143. The Morgan fingerprint density at radius 1 is 1.44 bits per heavy atom. The summed E-state index contributed by atoms with van der Waals surface area (Å²) in [7, 11) is 1.36. The number of hydrogen-bond donors (Lipinski definition) is 3. The van der Waals surface area contributed by atoms with Crippen molar-refractivity contribution in [2.75, 3.05) is 7.11 Å². The molecule has 1 aliphatic heterocycles. The second kappa shape index (κ2) is 4.86. The molecule has 1 aromatic carbocycles. The molecular formula is C13H17NO4. The van der Waals surface area contributed by atoms with Crippen molar-refractivity contribution >= 4 is 5.97 Å². The van der Waals surface area contributed by atoms with E-state index in [0.717, 1.165) is 17.5 Å². The molecule has 0 fully saturated rings. The van der Waals surface area contributed by atoms with Gasteiger partial charge in [-0.2, -0.15) is 0 Å². The van der Waals surface area contributed by atoms with Gasteiger partial charge in [0.1, 0.15) is 6.04 Å². The molecule has 18 heavy (non-hydrogen) atoms. The fourth-order valence-electron chi connectivity index (χ4n) is 2.38. The van der Waals surface area contributed by atoms with Crippen molar-refractivity contribution in [3.8, 4) is 11.5 Å². The van der Waals surface area contributed by atoms with Crippen LogP contribution in [0.1, 0.15) is 30.5 Å². The van der Waals surface area contributed by atoms with Gasteiger partial charge < -0.3 is 14.9 Å². The maximum atomic E-state index is 11.6. The molecule has 0 saturated carbocycles. The van der Waals surface area contributed by atoms with Crippen molar-refractivity contribution in [3.05, 3.63) is 23.3 Å². The van der Waals surface area contributed by atoms with Crippen LogP contribution in [0, 0.1) is 0 Å². The zero-order valence-corrected chi connectivity index (χ0v) is 10.4. The van der Waals surface area contributed by atoms with Gasteiger partial charge in [-0.25, -0.2) is 0 Å². The Balaban J connectivity index is 2.39. The highest BCUT2D eigenvalue weighted by molar-refractivity contribution is 5.77. The monoisotopic (exact) mass is 251 g/mol. The number of esters is 1. The summed E-state index contributed by atoms with van der Waals surface area (Å²) in [6, 6.07) is 2.64.